The predicted molar refractivity (Wildman–Crippen MR) is 122 cm³/mol. The van der Waals surface area contributed by atoms with Crippen LogP contribution >= 0.6 is 0 Å². The van der Waals surface area contributed by atoms with Gasteiger partial charge in [-0.3, -0.25) is 9.59 Å². The third kappa shape index (κ3) is 3.38. The molecule has 2 aliphatic rings. The number of carbonyl (C=O) groups is 2. The van der Waals surface area contributed by atoms with Crippen molar-refractivity contribution in [2.75, 3.05) is 16.6 Å². The fourth-order valence-corrected chi connectivity index (χ4v) is 4.67. The van der Waals surface area contributed by atoms with Crippen molar-refractivity contribution in [2.24, 2.45) is 0 Å². The minimum absolute atomic E-state index is 0.0289. The fraction of sp³-hybridized carbons (Fsp3) is 0.231. The molecule has 0 spiro atoms. The van der Waals surface area contributed by atoms with E-state index in [2.05, 4.69) is 0 Å². The summed E-state index contributed by atoms with van der Waals surface area (Å²) >= 11 is 0. The molecule has 0 bridgehead atoms. The molecule has 0 fully saturated rings. The summed E-state index contributed by atoms with van der Waals surface area (Å²) in [6.45, 7) is 3.78. The van der Waals surface area contributed by atoms with Crippen LogP contribution in [0.2, 0.25) is 0 Å². The van der Waals surface area contributed by atoms with E-state index in [1.54, 1.807) is 25.1 Å². The van der Waals surface area contributed by atoms with Gasteiger partial charge in [0.05, 0.1) is 6.04 Å². The smallest absolute Gasteiger partial charge is 0.258 e. The molecule has 0 aromatic heterocycles. The van der Waals surface area contributed by atoms with Gasteiger partial charge in [-0.1, -0.05) is 36.4 Å². The molecule has 2 aliphatic heterocycles. The molecule has 0 aliphatic carbocycles. The topological polar surface area (TPSA) is 59.1 Å². The first-order chi connectivity index (χ1) is 15.5. The zero-order valence-corrected chi connectivity index (χ0v) is 18.0. The van der Waals surface area contributed by atoms with Crippen LogP contribution in [0, 0.1) is 0 Å². The lowest BCUT2D eigenvalue weighted by atomic mass is 9.89. The summed E-state index contributed by atoms with van der Waals surface area (Å²) in [5.74, 6) is 1.10. The van der Waals surface area contributed by atoms with Gasteiger partial charge >= 0.3 is 0 Å². The minimum Gasteiger partial charge on any atom is -0.454 e. The average molecular weight is 428 g/mol. The second kappa shape index (κ2) is 8.04. The molecule has 32 heavy (non-hydrogen) atoms. The first kappa shape index (κ1) is 20.1. The van der Waals surface area contributed by atoms with Crippen molar-refractivity contribution in [1.82, 2.24) is 0 Å². The number of ether oxygens (including phenoxy) is 2. The monoisotopic (exact) mass is 428 g/mol. The highest BCUT2D eigenvalue weighted by atomic mass is 16.7. The molecule has 3 aromatic carbocycles. The van der Waals surface area contributed by atoms with Crippen molar-refractivity contribution in [1.29, 1.82) is 0 Å². The molecular formula is C26H24N2O4. The number of carbonyl (C=O) groups excluding carboxylic acids is 2. The SMILES string of the molecule is CC(=O)N(c1ccccc1)C1CC(C)N(C(=O)c2ccc3c(c2)OCO3)c2ccccc21. The van der Waals surface area contributed by atoms with E-state index in [1.165, 1.54) is 0 Å². The van der Waals surface area contributed by atoms with Crippen molar-refractivity contribution in [3.63, 3.8) is 0 Å². The number of nitrogens with zero attached hydrogens (tertiary/aromatic N) is 2. The molecule has 6 heteroatoms. The highest BCUT2D eigenvalue weighted by molar-refractivity contribution is 6.08. The minimum atomic E-state index is -0.165. The molecule has 2 unspecified atom stereocenters. The van der Waals surface area contributed by atoms with Crippen LogP contribution in [-0.2, 0) is 4.79 Å². The lowest BCUT2D eigenvalue weighted by Gasteiger charge is -2.43. The second-order valence-electron chi connectivity index (χ2n) is 8.13. The van der Waals surface area contributed by atoms with Crippen LogP contribution in [0.5, 0.6) is 11.5 Å². The van der Waals surface area contributed by atoms with Crippen LogP contribution in [0.3, 0.4) is 0 Å². The Balaban J connectivity index is 1.55. The summed E-state index contributed by atoms with van der Waals surface area (Å²) in [4.78, 5) is 30.0. The summed E-state index contributed by atoms with van der Waals surface area (Å²) in [7, 11) is 0. The summed E-state index contributed by atoms with van der Waals surface area (Å²) in [6.07, 6.45) is 0.627. The van der Waals surface area contributed by atoms with Crippen LogP contribution in [0.4, 0.5) is 11.4 Å². The van der Waals surface area contributed by atoms with Gasteiger partial charge in [-0.05, 0) is 55.3 Å². The average Bonchev–Trinajstić information content (AvgIpc) is 3.27. The van der Waals surface area contributed by atoms with Gasteiger partial charge in [0.15, 0.2) is 11.5 Å². The lowest BCUT2D eigenvalue weighted by molar-refractivity contribution is -0.117. The summed E-state index contributed by atoms with van der Waals surface area (Å²) in [5.41, 5.74) is 3.17. The number of rotatable bonds is 3. The molecule has 2 heterocycles. The highest BCUT2D eigenvalue weighted by Crippen LogP contribution is 2.43. The van der Waals surface area contributed by atoms with Crippen LogP contribution in [0.15, 0.2) is 72.8 Å². The van der Waals surface area contributed by atoms with Crippen molar-refractivity contribution >= 4 is 23.2 Å². The number of benzene rings is 3. The van der Waals surface area contributed by atoms with Crippen molar-refractivity contribution < 1.29 is 19.1 Å². The van der Waals surface area contributed by atoms with Gasteiger partial charge in [0.2, 0.25) is 12.7 Å². The van der Waals surface area contributed by atoms with E-state index in [-0.39, 0.29) is 30.7 Å². The van der Waals surface area contributed by atoms with E-state index < -0.39 is 0 Å². The number of amides is 2. The number of hydrogen-bond donors (Lipinski definition) is 0. The molecule has 0 saturated heterocycles. The molecule has 0 N–H and O–H groups in total. The molecule has 2 atom stereocenters. The fourth-order valence-electron chi connectivity index (χ4n) is 4.67. The van der Waals surface area contributed by atoms with Gasteiger partial charge in [-0.25, -0.2) is 0 Å². The molecule has 3 aromatic rings. The van der Waals surface area contributed by atoms with Gasteiger partial charge < -0.3 is 19.3 Å². The quantitative estimate of drug-likeness (QED) is 0.592. The second-order valence-corrected chi connectivity index (χ2v) is 8.13. The standard InChI is InChI=1S/C26H24N2O4/c1-17-14-23(28(18(2)29)20-8-4-3-5-9-20)21-10-6-7-11-22(21)27(17)26(30)19-12-13-24-25(15-19)32-16-31-24/h3-13,15,17,23H,14,16H2,1-2H3. The Morgan fingerprint density at radius 2 is 1.66 bits per heavy atom. The van der Waals surface area contributed by atoms with E-state index >= 15 is 0 Å². The van der Waals surface area contributed by atoms with Crippen LogP contribution in [0.1, 0.15) is 42.2 Å². The maximum Gasteiger partial charge on any atom is 0.258 e. The van der Waals surface area contributed by atoms with Gasteiger partial charge in [-0.2, -0.15) is 0 Å². The van der Waals surface area contributed by atoms with Gasteiger partial charge in [0.25, 0.3) is 5.91 Å². The summed E-state index contributed by atoms with van der Waals surface area (Å²) in [6, 6.07) is 22.5. The Morgan fingerprint density at radius 1 is 0.938 bits per heavy atom. The Hall–Kier alpha value is -3.80. The third-order valence-corrected chi connectivity index (χ3v) is 6.08. The largest absolute Gasteiger partial charge is 0.454 e. The predicted octanol–water partition coefficient (Wildman–Crippen LogP) is 4.95. The van der Waals surface area contributed by atoms with E-state index in [9.17, 15) is 9.59 Å². The summed E-state index contributed by atoms with van der Waals surface area (Å²) < 4.78 is 10.8. The Morgan fingerprint density at radius 3 is 2.44 bits per heavy atom. The van der Waals surface area contributed by atoms with Crippen LogP contribution in [0.25, 0.3) is 0 Å². The molecule has 2 amide bonds. The molecular weight excluding hydrogens is 404 g/mol. The number of para-hydroxylation sites is 2. The van der Waals surface area contributed by atoms with E-state index in [4.69, 9.17) is 9.47 Å². The molecule has 162 valence electrons. The highest BCUT2D eigenvalue weighted by Gasteiger charge is 2.38. The first-order valence-corrected chi connectivity index (χ1v) is 10.7. The van der Waals surface area contributed by atoms with E-state index in [1.807, 2.05) is 71.3 Å². The summed E-state index contributed by atoms with van der Waals surface area (Å²) in [5, 5.41) is 0. The van der Waals surface area contributed by atoms with Crippen molar-refractivity contribution in [3.8, 4) is 11.5 Å². The van der Waals surface area contributed by atoms with Crippen molar-refractivity contribution in [2.45, 2.75) is 32.4 Å². The Bertz CT molecular complexity index is 1180. The molecule has 0 saturated carbocycles. The van der Waals surface area contributed by atoms with Gasteiger partial charge in [-0.15, -0.1) is 0 Å². The zero-order valence-electron chi connectivity index (χ0n) is 18.0. The van der Waals surface area contributed by atoms with Gasteiger partial charge in [0.1, 0.15) is 0 Å². The molecule has 5 rings (SSSR count). The molecule has 6 nitrogen and oxygen atoms in total. The maximum absolute atomic E-state index is 13.6. The number of anilines is 2. The maximum atomic E-state index is 13.6. The Kier molecular flexibility index (Phi) is 5.05. The van der Waals surface area contributed by atoms with Crippen LogP contribution in [-0.4, -0.2) is 24.6 Å². The number of hydrogen-bond acceptors (Lipinski definition) is 4. The van der Waals surface area contributed by atoms with Crippen molar-refractivity contribution in [3.05, 3.63) is 83.9 Å². The first-order valence-electron chi connectivity index (χ1n) is 10.7. The van der Waals surface area contributed by atoms with Crippen LogP contribution < -0.4 is 19.3 Å². The van der Waals surface area contributed by atoms with Gasteiger partial charge in [0, 0.05) is 29.9 Å². The van der Waals surface area contributed by atoms with E-state index in [0.717, 1.165) is 16.9 Å². The third-order valence-electron chi connectivity index (χ3n) is 6.08. The normalized spacial score (nSPS) is 18.8. The Labute approximate surface area is 187 Å². The van der Waals surface area contributed by atoms with E-state index in [0.29, 0.717) is 23.5 Å². The zero-order chi connectivity index (χ0) is 22.2. The lowest BCUT2D eigenvalue weighted by Crippen LogP contribution is -2.47. The number of fused-ring (bicyclic) bond motifs is 2. The molecule has 0 radical (unpaired) electrons.